The first kappa shape index (κ1) is 20.5. The van der Waals surface area contributed by atoms with Crippen LogP contribution in [-0.2, 0) is 13.1 Å². The average molecular weight is 399 g/mol. The minimum absolute atomic E-state index is 0.0214. The molecule has 2 atom stereocenters. The van der Waals surface area contributed by atoms with E-state index in [1.807, 2.05) is 24.0 Å². The largest absolute Gasteiger partial charge is 0.357 e. The second kappa shape index (κ2) is 10.4. The molecule has 5 nitrogen and oxygen atoms in total. The Bertz CT molecular complexity index is 831. The van der Waals surface area contributed by atoms with Gasteiger partial charge in [0.25, 0.3) is 5.56 Å². The Balaban J connectivity index is 1.58. The van der Waals surface area contributed by atoms with Crippen LogP contribution in [0.15, 0.2) is 58.4 Å². The van der Waals surface area contributed by atoms with Gasteiger partial charge >= 0.3 is 0 Å². The van der Waals surface area contributed by atoms with E-state index in [4.69, 9.17) is 4.99 Å². The fraction of sp³-hybridized carbons (Fsp3) is 0.455. The lowest BCUT2D eigenvalue weighted by atomic mass is 10.1. The van der Waals surface area contributed by atoms with Crippen LogP contribution in [0.1, 0.15) is 37.3 Å². The third-order valence-electron chi connectivity index (χ3n) is 5.10. The number of nitrogens with one attached hydrogen (secondary N) is 2. The molecule has 0 amide bonds. The van der Waals surface area contributed by atoms with E-state index < -0.39 is 0 Å². The van der Waals surface area contributed by atoms with Crippen molar-refractivity contribution in [3.05, 3.63) is 70.1 Å². The topological polar surface area (TPSA) is 58.4 Å². The number of thioether (sulfide) groups is 1. The third-order valence-corrected chi connectivity index (χ3v) is 6.19. The Morgan fingerprint density at radius 2 is 1.96 bits per heavy atom. The van der Waals surface area contributed by atoms with Crippen LogP contribution in [0.2, 0.25) is 0 Å². The molecule has 28 heavy (non-hydrogen) atoms. The van der Waals surface area contributed by atoms with E-state index in [-0.39, 0.29) is 5.56 Å². The SMILES string of the molecule is CCNC(=NCc1ccc(Cn2ccccc2=O)cc1)NC1CCC(SC)C1. The van der Waals surface area contributed by atoms with E-state index in [0.29, 0.717) is 19.1 Å². The molecule has 1 fully saturated rings. The minimum atomic E-state index is 0.0214. The summed E-state index contributed by atoms with van der Waals surface area (Å²) in [7, 11) is 0. The van der Waals surface area contributed by atoms with Crippen LogP contribution in [0.4, 0.5) is 0 Å². The lowest BCUT2D eigenvalue weighted by Crippen LogP contribution is -2.42. The van der Waals surface area contributed by atoms with Crippen LogP contribution in [0.3, 0.4) is 0 Å². The molecule has 6 heteroatoms. The van der Waals surface area contributed by atoms with Gasteiger partial charge in [0.2, 0.25) is 0 Å². The summed E-state index contributed by atoms with van der Waals surface area (Å²) < 4.78 is 1.71. The molecule has 0 spiro atoms. The van der Waals surface area contributed by atoms with Gasteiger partial charge < -0.3 is 15.2 Å². The molecule has 2 aromatic rings. The van der Waals surface area contributed by atoms with E-state index in [0.717, 1.165) is 28.9 Å². The summed E-state index contributed by atoms with van der Waals surface area (Å²) in [6, 6.07) is 14.1. The number of hydrogen-bond donors (Lipinski definition) is 2. The zero-order valence-corrected chi connectivity index (χ0v) is 17.5. The Kier molecular flexibility index (Phi) is 7.60. The number of guanidine groups is 1. The highest BCUT2D eigenvalue weighted by Gasteiger charge is 2.24. The van der Waals surface area contributed by atoms with Crippen LogP contribution in [0, 0.1) is 0 Å². The maximum absolute atomic E-state index is 11.8. The lowest BCUT2D eigenvalue weighted by molar-refractivity contribution is 0.615. The fourth-order valence-corrected chi connectivity index (χ4v) is 4.30. The highest BCUT2D eigenvalue weighted by Crippen LogP contribution is 2.28. The van der Waals surface area contributed by atoms with Crippen molar-refractivity contribution < 1.29 is 0 Å². The van der Waals surface area contributed by atoms with Crippen molar-refractivity contribution in [3.63, 3.8) is 0 Å². The van der Waals surface area contributed by atoms with E-state index >= 15 is 0 Å². The standard InChI is InChI=1S/C22H30N4OS/c1-3-23-22(25-19-11-12-20(14-19)28-2)24-15-17-7-9-18(10-8-17)16-26-13-5-4-6-21(26)27/h4-10,13,19-20H,3,11-12,14-16H2,1-2H3,(H2,23,24,25). The second-order valence-corrected chi connectivity index (χ2v) is 8.33. The molecule has 0 saturated heterocycles. The number of aromatic nitrogens is 1. The molecule has 3 rings (SSSR count). The van der Waals surface area contributed by atoms with Gasteiger partial charge in [-0.15, -0.1) is 0 Å². The van der Waals surface area contributed by atoms with Gasteiger partial charge in [0, 0.05) is 30.1 Å². The number of hydrogen-bond acceptors (Lipinski definition) is 3. The van der Waals surface area contributed by atoms with E-state index in [2.05, 4.69) is 48.1 Å². The van der Waals surface area contributed by atoms with Crippen molar-refractivity contribution in [2.45, 2.75) is 50.6 Å². The summed E-state index contributed by atoms with van der Waals surface area (Å²) in [5.41, 5.74) is 2.29. The predicted octanol–water partition coefficient (Wildman–Crippen LogP) is 3.24. The van der Waals surface area contributed by atoms with Crippen LogP contribution in [-0.4, -0.2) is 34.6 Å². The maximum Gasteiger partial charge on any atom is 0.250 e. The molecule has 0 radical (unpaired) electrons. The van der Waals surface area contributed by atoms with Gasteiger partial charge in [-0.05, 0) is 49.6 Å². The third kappa shape index (κ3) is 5.89. The van der Waals surface area contributed by atoms with E-state index in [9.17, 15) is 4.79 Å². The smallest absolute Gasteiger partial charge is 0.250 e. The van der Waals surface area contributed by atoms with Crippen LogP contribution >= 0.6 is 11.8 Å². The number of nitrogens with zero attached hydrogens (tertiary/aromatic N) is 2. The van der Waals surface area contributed by atoms with Gasteiger partial charge in [0.1, 0.15) is 0 Å². The molecule has 1 aliphatic rings. The number of pyridine rings is 1. The molecule has 0 bridgehead atoms. The van der Waals surface area contributed by atoms with Crippen molar-refractivity contribution in [1.29, 1.82) is 0 Å². The summed E-state index contributed by atoms with van der Waals surface area (Å²) in [5, 5.41) is 7.71. The van der Waals surface area contributed by atoms with Crippen molar-refractivity contribution in [3.8, 4) is 0 Å². The summed E-state index contributed by atoms with van der Waals surface area (Å²) >= 11 is 1.97. The summed E-state index contributed by atoms with van der Waals surface area (Å²) in [5.74, 6) is 0.897. The molecule has 2 N–H and O–H groups in total. The monoisotopic (exact) mass is 398 g/mol. The second-order valence-electron chi connectivity index (χ2n) is 7.19. The zero-order chi connectivity index (χ0) is 19.8. The first-order valence-electron chi connectivity index (χ1n) is 9.99. The predicted molar refractivity (Wildman–Crippen MR) is 119 cm³/mol. The number of benzene rings is 1. The van der Waals surface area contributed by atoms with Crippen LogP contribution in [0.5, 0.6) is 0 Å². The Morgan fingerprint density at radius 1 is 1.18 bits per heavy atom. The number of aliphatic imine (C=N–C) groups is 1. The molecular formula is C22H30N4OS. The van der Waals surface area contributed by atoms with Crippen molar-refractivity contribution in [2.24, 2.45) is 4.99 Å². The Hall–Kier alpha value is -2.21. The lowest BCUT2D eigenvalue weighted by Gasteiger charge is -2.17. The molecule has 1 aromatic heterocycles. The summed E-state index contributed by atoms with van der Waals surface area (Å²) in [6.45, 7) is 4.18. The van der Waals surface area contributed by atoms with Gasteiger partial charge in [-0.3, -0.25) is 4.79 Å². The Morgan fingerprint density at radius 3 is 2.64 bits per heavy atom. The minimum Gasteiger partial charge on any atom is -0.357 e. The van der Waals surface area contributed by atoms with Crippen LogP contribution in [0.25, 0.3) is 0 Å². The normalized spacial score (nSPS) is 19.6. The van der Waals surface area contributed by atoms with Gasteiger partial charge in [-0.1, -0.05) is 30.3 Å². The molecule has 150 valence electrons. The molecule has 1 aromatic carbocycles. The number of rotatable bonds is 7. The van der Waals surface area contributed by atoms with Crippen molar-refractivity contribution in [1.82, 2.24) is 15.2 Å². The molecule has 1 heterocycles. The quantitative estimate of drug-likeness (QED) is 0.555. The molecular weight excluding hydrogens is 368 g/mol. The van der Waals surface area contributed by atoms with Crippen molar-refractivity contribution >= 4 is 17.7 Å². The molecule has 1 saturated carbocycles. The van der Waals surface area contributed by atoms with Gasteiger partial charge in [0.05, 0.1) is 13.1 Å². The first-order chi connectivity index (χ1) is 13.7. The van der Waals surface area contributed by atoms with Crippen molar-refractivity contribution in [2.75, 3.05) is 12.8 Å². The van der Waals surface area contributed by atoms with Crippen LogP contribution < -0.4 is 16.2 Å². The molecule has 2 unspecified atom stereocenters. The van der Waals surface area contributed by atoms with E-state index in [1.165, 1.54) is 19.3 Å². The average Bonchev–Trinajstić information content (AvgIpc) is 3.17. The summed E-state index contributed by atoms with van der Waals surface area (Å²) in [4.78, 5) is 16.6. The van der Waals surface area contributed by atoms with Gasteiger partial charge in [-0.2, -0.15) is 11.8 Å². The van der Waals surface area contributed by atoms with Gasteiger partial charge in [0.15, 0.2) is 5.96 Å². The fourth-order valence-electron chi connectivity index (χ4n) is 3.51. The molecule has 0 aliphatic heterocycles. The highest BCUT2D eigenvalue weighted by atomic mass is 32.2. The van der Waals surface area contributed by atoms with E-state index in [1.54, 1.807) is 16.7 Å². The summed E-state index contributed by atoms with van der Waals surface area (Å²) in [6.07, 6.45) is 7.72. The van der Waals surface area contributed by atoms with Gasteiger partial charge in [-0.25, -0.2) is 4.99 Å². The first-order valence-corrected chi connectivity index (χ1v) is 11.3. The zero-order valence-electron chi connectivity index (χ0n) is 16.7. The Labute approximate surface area is 171 Å². The molecule has 1 aliphatic carbocycles. The highest BCUT2D eigenvalue weighted by molar-refractivity contribution is 7.99. The maximum atomic E-state index is 11.8.